The van der Waals surface area contributed by atoms with Gasteiger partial charge in [-0.1, -0.05) is 18.2 Å². The van der Waals surface area contributed by atoms with Gasteiger partial charge in [-0.2, -0.15) is 0 Å². The predicted molar refractivity (Wildman–Crippen MR) is 112 cm³/mol. The van der Waals surface area contributed by atoms with Crippen LogP contribution in [-0.2, 0) is 16.6 Å². The Hall–Kier alpha value is -3.06. The summed E-state index contributed by atoms with van der Waals surface area (Å²) in [5.41, 5.74) is 2.23. The van der Waals surface area contributed by atoms with Gasteiger partial charge in [0, 0.05) is 18.3 Å². The summed E-state index contributed by atoms with van der Waals surface area (Å²) in [6.07, 6.45) is 0. The molecular weight excluding hydrogens is 388 g/mol. The topological polar surface area (TPSA) is 79.6 Å². The van der Waals surface area contributed by atoms with Crippen LogP contribution in [0.15, 0.2) is 63.9 Å². The number of anilines is 1. The molecule has 2 aromatic carbocycles. The van der Waals surface area contributed by atoms with Gasteiger partial charge in [0.1, 0.15) is 11.5 Å². The van der Waals surface area contributed by atoms with Crippen molar-refractivity contribution in [3.05, 3.63) is 82.8 Å². The summed E-state index contributed by atoms with van der Waals surface area (Å²) in [5.74, 6) is 1.24. The van der Waals surface area contributed by atoms with Crippen LogP contribution in [0.25, 0.3) is 0 Å². The van der Waals surface area contributed by atoms with Crippen LogP contribution in [0, 0.1) is 20.8 Å². The van der Waals surface area contributed by atoms with E-state index in [0.29, 0.717) is 29.1 Å². The van der Waals surface area contributed by atoms with E-state index in [1.54, 1.807) is 44.3 Å². The van der Waals surface area contributed by atoms with Crippen molar-refractivity contribution < 1.29 is 17.6 Å². The van der Waals surface area contributed by atoms with Crippen molar-refractivity contribution >= 4 is 21.6 Å². The van der Waals surface area contributed by atoms with Crippen molar-refractivity contribution in [3.63, 3.8) is 0 Å². The van der Waals surface area contributed by atoms with Crippen molar-refractivity contribution in [1.82, 2.24) is 4.90 Å². The van der Waals surface area contributed by atoms with Crippen LogP contribution in [0.5, 0.6) is 0 Å². The van der Waals surface area contributed by atoms with Gasteiger partial charge < -0.3 is 9.32 Å². The molecule has 0 fully saturated rings. The lowest BCUT2D eigenvalue weighted by Gasteiger charge is -2.17. The molecule has 0 saturated carbocycles. The fourth-order valence-electron chi connectivity index (χ4n) is 3.02. The number of aryl methyl sites for hydroxylation is 3. The standard InChI is InChI=1S/C22H24N2O4S/c1-15-8-9-16(2)21(12-15)29(26,27)23-19-7-5-6-18(13-19)22(25)24(4)14-20-11-10-17(3)28-20/h5-13,23H,14H2,1-4H3. The number of sulfonamides is 1. The molecule has 0 saturated heterocycles. The number of rotatable bonds is 6. The van der Waals surface area contributed by atoms with Crippen LogP contribution in [0.2, 0.25) is 0 Å². The van der Waals surface area contributed by atoms with Gasteiger partial charge in [0.05, 0.1) is 11.4 Å². The van der Waals surface area contributed by atoms with E-state index >= 15 is 0 Å². The number of carbonyl (C=O) groups excluding carboxylic acids is 1. The average molecular weight is 413 g/mol. The third kappa shape index (κ3) is 4.86. The van der Waals surface area contributed by atoms with Gasteiger partial charge in [0.15, 0.2) is 0 Å². The van der Waals surface area contributed by atoms with Crippen LogP contribution < -0.4 is 4.72 Å². The van der Waals surface area contributed by atoms with E-state index in [1.807, 2.05) is 32.0 Å². The maximum absolute atomic E-state index is 12.8. The molecule has 3 rings (SSSR count). The number of nitrogens with one attached hydrogen (secondary N) is 1. The highest BCUT2D eigenvalue weighted by Crippen LogP contribution is 2.22. The second kappa shape index (κ2) is 8.13. The molecule has 0 aliphatic heterocycles. The molecule has 0 bridgehead atoms. The zero-order valence-electron chi connectivity index (χ0n) is 16.9. The summed E-state index contributed by atoms with van der Waals surface area (Å²) in [6.45, 7) is 5.76. The van der Waals surface area contributed by atoms with E-state index in [1.165, 1.54) is 11.0 Å². The second-order valence-electron chi connectivity index (χ2n) is 7.13. The maximum atomic E-state index is 12.8. The first-order chi connectivity index (χ1) is 13.7. The van der Waals surface area contributed by atoms with Gasteiger partial charge in [-0.15, -0.1) is 0 Å². The molecule has 0 atom stereocenters. The third-order valence-corrected chi connectivity index (χ3v) is 6.05. The molecule has 1 aromatic heterocycles. The Balaban J connectivity index is 1.80. The number of hydrogen-bond acceptors (Lipinski definition) is 4. The fraction of sp³-hybridized carbons (Fsp3) is 0.227. The lowest BCUT2D eigenvalue weighted by molar-refractivity contribution is 0.0775. The molecule has 0 aliphatic carbocycles. The molecule has 1 heterocycles. The molecular formula is C22H24N2O4S. The minimum Gasteiger partial charge on any atom is -0.464 e. The van der Waals surface area contributed by atoms with Crippen LogP contribution in [0.1, 0.15) is 33.0 Å². The van der Waals surface area contributed by atoms with Gasteiger partial charge in [0.2, 0.25) is 0 Å². The van der Waals surface area contributed by atoms with E-state index in [-0.39, 0.29) is 10.8 Å². The smallest absolute Gasteiger partial charge is 0.262 e. The Labute approximate surface area is 171 Å². The van der Waals surface area contributed by atoms with Crippen molar-refractivity contribution in [2.24, 2.45) is 0 Å². The summed E-state index contributed by atoms with van der Waals surface area (Å²) in [4.78, 5) is 14.5. The van der Waals surface area contributed by atoms with Crippen molar-refractivity contribution in [1.29, 1.82) is 0 Å². The number of furan rings is 1. The Morgan fingerprint density at radius 1 is 1.03 bits per heavy atom. The average Bonchev–Trinajstić information content (AvgIpc) is 3.07. The second-order valence-corrected chi connectivity index (χ2v) is 8.78. The van der Waals surface area contributed by atoms with Gasteiger partial charge in [-0.05, 0) is 68.3 Å². The first-order valence-electron chi connectivity index (χ1n) is 9.16. The summed E-state index contributed by atoms with van der Waals surface area (Å²) in [5, 5.41) is 0. The quantitative estimate of drug-likeness (QED) is 0.655. The molecule has 6 nitrogen and oxygen atoms in total. The van der Waals surface area contributed by atoms with E-state index < -0.39 is 10.0 Å². The summed E-state index contributed by atoms with van der Waals surface area (Å²) >= 11 is 0. The highest BCUT2D eigenvalue weighted by atomic mass is 32.2. The van der Waals surface area contributed by atoms with Crippen LogP contribution in [0.4, 0.5) is 5.69 Å². The molecule has 29 heavy (non-hydrogen) atoms. The largest absolute Gasteiger partial charge is 0.464 e. The molecule has 1 N–H and O–H groups in total. The minimum absolute atomic E-state index is 0.222. The molecule has 0 radical (unpaired) electrons. The maximum Gasteiger partial charge on any atom is 0.262 e. The summed E-state index contributed by atoms with van der Waals surface area (Å²) < 4.78 is 33.7. The molecule has 0 aliphatic rings. The van der Waals surface area contributed by atoms with Gasteiger partial charge in [-0.3, -0.25) is 9.52 Å². The monoisotopic (exact) mass is 412 g/mol. The Bertz CT molecular complexity index is 1150. The van der Waals surface area contributed by atoms with E-state index in [4.69, 9.17) is 4.42 Å². The fourth-order valence-corrected chi connectivity index (χ4v) is 4.40. The number of amides is 1. The Kier molecular flexibility index (Phi) is 5.79. The SMILES string of the molecule is Cc1ccc(C)c(S(=O)(=O)Nc2cccc(C(=O)N(C)Cc3ccc(C)o3)c2)c1. The molecule has 0 unspecified atom stereocenters. The number of benzene rings is 2. The predicted octanol–water partition coefficient (Wildman–Crippen LogP) is 4.28. The number of nitrogens with zero attached hydrogens (tertiary/aromatic N) is 1. The van der Waals surface area contributed by atoms with Crippen molar-refractivity contribution in [2.45, 2.75) is 32.2 Å². The Morgan fingerprint density at radius 2 is 1.79 bits per heavy atom. The van der Waals surface area contributed by atoms with E-state index in [2.05, 4.69) is 4.72 Å². The van der Waals surface area contributed by atoms with Crippen LogP contribution in [0.3, 0.4) is 0 Å². The van der Waals surface area contributed by atoms with Crippen molar-refractivity contribution in [3.8, 4) is 0 Å². The highest BCUT2D eigenvalue weighted by molar-refractivity contribution is 7.92. The lowest BCUT2D eigenvalue weighted by atomic mass is 10.2. The number of carbonyl (C=O) groups is 1. The first kappa shape index (κ1) is 20.7. The molecule has 7 heteroatoms. The van der Waals surface area contributed by atoms with Gasteiger partial charge in [0.25, 0.3) is 15.9 Å². The number of hydrogen-bond donors (Lipinski definition) is 1. The molecule has 0 spiro atoms. The van der Waals surface area contributed by atoms with E-state index in [0.717, 1.165) is 11.3 Å². The van der Waals surface area contributed by atoms with Crippen LogP contribution >= 0.6 is 0 Å². The molecule has 152 valence electrons. The lowest BCUT2D eigenvalue weighted by Crippen LogP contribution is -2.26. The van der Waals surface area contributed by atoms with Crippen molar-refractivity contribution in [2.75, 3.05) is 11.8 Å². The molecule has 3 aromatic rings. The minimum atomic E-state index is -3.76. The molecule has 1 amide bonds. The third-order valence-electron chi connectivity index (χ3n) is 4.53. The van der Waals surface area contributed by atoms with Gasteiger partial charge in [-0.25, -0.2) is 8.42 Å². The normalized spacial score (nSPS) is 11.3. The first-order valence-corrected chi connectivity index (χ1v) is 10.6. The van der Waals surface area contributed by atoms with Gasteiger partial charge >= 0.3 is 0 Å². The zero-order valence-corrected chi connectivity index (χ0v) is 17.7. The van der Waals surface area contributed by atoms with Crippen LogP contribution in [-0.4, -0.2) is 26.3 Å². The summed E-state index contributed by atoms with van der Waals surface area (Å²) in [7, 11) is -2.09. The van der Waals surface area contributed by atoms with E-state index in [9.17, 15) is 13.2 Å². The summed E-state index contributed by atoms with van der Waals surface area (Å²) in [6, 6.07) is 15.4. The Morgan fingerprint density at radius 3 is 2.48 bits per heavy atom. The zero-order chi connectivity index (χ0) is 21.2. The highest BCUT2D eigenvalue weighted by Gasteiger charge is 2.19.